The van der Waals surface area contributed by atoms with Gasteiger partial charge < -0.3 is 5.32 Å². The van der Waals surface area contributed by atoms with Gasteiger partial charge in [0, 0.05) is 12.4 Å². The normalized spacial score (nSPS) is 16.2. The lowest BCUT2D eigenvalue weighted by atomic mass is 10.1. The fourth-order valence-corrected chi connectivity index (χ4v) is 2.28. The summed E-state index contributed by atoms with van der Waals surface area (Å²) in [6.45, 7) is 2.05. The van der Waals surface area contributed by atoms with Gasteiger partial charge in [-0.1, -0.05) is 19.1 Å². The molecule has 1 aromatic heterocycles. The Hall–Kier alpha value is -2.95. The molecule has 110 valence electrons. The van der Waals surface area contributed by atoms with E-state index in [0.717, 1.165) is 22.4 Å². The molecule has 0 unspecified atom stereocenters. The molecule has 1 saturated heterocycles. The molecule has 2 heterocycles. The summed E-state index contributed by atoms with van der Waals surface area (Å²) < 4.78 is 0. The number of hydrogen-bond donors (Lipinski definition) is 1. The van der Waals surface area contributed by atoms with Crippen LogP contribution in [0.1, 0.15) is 18.1 Å². The van der Waals surface area contributed by atoms with Gasteiger partial charge in [-0.05, 0) is 47.9 Å². The summed E-state index contributed by atoms with van der Waals surface area (Å²) in [4.78, 5) is 29.6. The second-order valence-corrected chi connectivity index (χ2v) is 4.93. The summed E-state index contributed by atoms with van der Waals surface area (Å²) in [5, 5.41) is 2.61. The second-order valence-electron chi connectivity index (χ2n) is 4.93. The van der Waals surface area contributed by atoms with E-state index in [0.29, 0.717) is 5.69 Å². The fraction of sp³-hybridized carbons (Fsp3) is 0.118. The van der Waals surface area contributed by atoms with Gasteiger partial charge in [0.05, 0.1) is 5.69 Å². The third-order valence-electron chi connectivity index (χ3n) is 3.50. The first-order chi connectivity index (χ1) is 10.7. The Morgan fingerprint density at radius 3 is 2.41 bits per heavy atom. The maximum atomic E-state index is 12.4. The molecule has 2 aromatic rings. The van der Waals surface area contributed by atoms with E-state index in [-0.39, 0.29) is 11.6 Å². The Labute approximate surface area is 128 Å². The molecule has 3 rings (SSSR count). The molecule has 0 radical (unpaired) electrons. The topological polar surface area (TPSA) is 62.3 Å². The molecule has 3 amide bonds. The third kappa shape index (κ3) is 2.61. The highest BCUT2D eigenvalue weighted by Gasteiger charge is 2.34. The number of nitrogens with one attached hydrogen (secondary N) is 1. The highest BCUT2D eigenvalue weighted by atomic mass is 16.2. The average Bonchev–Trinajstić information content (AvgIpc) is 2.82. The lowest BCUT2D eigenvalue weighted by Gasteiger charge is -2.12. The number of rotatable bonds is 3. The fourth-order valence-electron chi connectivity index (χ4n) is 2.28. The summed E-state index contributed by atoms with van der Waals surface area (Å²) >= 11 is 0. The number of imide groups is 1. The molecule has 1 aliphatic rings. The zero-order valence-electron chi connectivity index (χ0n) is 12.1. The average molecular weight is 293 g/mol. The molecule has 5 heteroatoms. The minimum Gasteiger partial charge on any atom is -0.302 e. The van der Waals surface area contributed by atoms with E-state index in [9.17, 15) is 9.59 Å². The van der Waals surface area contributed by atoms with Crippen LogP contribution in [0.4, 0.5) is 10.5 Å². The highest BCUT2D eigenvalue weighted by Crippen LogP contribution is 2.22. The van der Waals surface area contributed by atoms with Crippen LogP contribution >= 0.6 is 0 Å². The van der Waals surface area contributed by atoms with Crippen LogP contribution in [0.25, 0.3) is 6.08 Å². The molecule has 1 N–H and O–H groups in total. The van der Waals surface area contributed by atoms with E-state index >= 15 is 0 Å². The molecule has 5 nitrogen and oxygen atoms in total. The number of urea groups is 1. The van der Waals surface area contributed by atoms with Gasteiger partial charge in [-0.3, -0.25) is 9.78 Å². The molecular weight excluding hydrogens is 278 g/mol. The molecule has 22 heavy (non-hydrogen) atoms. The van der Waals surface area contributed by atoms with Crippen molar-refractivity contribution in [2.45, 2.75) is 13.3 Å². The minimum absolute atomic E-state index is 0.260. The van der Waals surface area contributed by atoms with Crippen molar-refractivity contribution in [3.63, 3.8) is 0 Å². The first-order valence-electron chi connectivity index (χ1n) is 7.05. The lowest BCUT2D eigenvalue weighted by Crippen LogP contribution is -2.30. The van der Waals surface area contributed by atoms with E-state index in [2.05, 4.69) is 17.2 Å². The van der Waals surface area contributed by atoms with Crippen LogP contribution in [-0.4, -0.2) is 16.9 Å². The molecule has 0 bridgehead atoms. The molecule has 1 aromatic carbocycles. The van der Waals surface area contributed by atoms with E-state index in [1.807, 2.05) is 12.1 Å². The van der Waals surface area contributed by atoms with Crippen LogP contribution < -0.4 is 10.2 Å². The zero-order valence-corrected chi connectivity index (χ0v) is 12.1. The van der Waals surface area contributed by atoms with Crippen molar-refractivity contribution >= 4 is 23.7 Å². The Morgan fingerprint density at radius 1 is 1.09 bits per heavy atom. The Morgan fingerprint density at radius 2 is 1.77 bits per heavy atom. The van der Waals surface area contributed by atoms with E-state index in [1.165, 1.54) is 0 Å². The van der Waals surface area contributed by atoms with Crippen LogP contribution in [-0.2, 0) is 11.2 Å². The number of anilines is 1. The zero-order chi connectivity index (χ0) is 15.5. The molecule has 1 fully saturated rings. The highest BCUT2D eigenvalue weighted by molar-refractivity contribution is 6.28. The minimum atomic E-state index is -0.436. The van der Waals surface area contributed by atoms with Gasteiger partial charge in [0.2, 0.25) is 0 Å². The van der Waals surface area contributed by atoms with E-state index in [4.69, 9.17) is 0 Å². The number of nitrogens with zero attached hydrogens (tertiary/aromatic N) is 2. The maximum Gasteiger partial charge on any atom is 0.333 e. The van der Waals surface area contributed by atoms with Crippen molar-refractivity contribution < 1.29 is 9.59 Å². The quantitative estimate of drug-likeness (QED) is 0.699. The number of pyridine rings is 1. The Balaban J connectivity index is 1.89. The summed E-state index contributed by atoms with van der Waals surface area (Å²) in [7, 11) is 0. The van der Waals surface area contributed by atoms with Gasteiger partial charge in [-0.15, -0.1) is 0 Å². The first kappa shape index (κ1) is 14.0. The molecule has 0 spiro atoms. The summed E-state index contributed by atoms with van der Waals surface area (Å²) in [6, 6.07) is 10.5. The van der Waals surface area contributed by atoms with Gasteiger partial charge in [0.1, 0.15) is 5.70 Å². The number of carbonyl (C=O) groups is 2. The maximum absolute atomic E-state index is 12.4. The monoisotopic (exact) mass is 293 g/mol. The molecule has 0 atom stereocenters. The van der Waals surface area contributed by atoms with Crippen molar-refractivity contribution in [1.29, 1.82) is 0 Å². The van der Waals surface area contributed by atoms with Gasteiger partial charge in [0.25, 0.3) is 5.91 Å². The number of amides is 3. The van der Waals surface area contributed by atoms with E-state index < -0.39 is 6.03 Å². The largest absolute Gasteiger partial charge is 0.333 e. The first-order valence-corrected chi connectivity index (χ1v) is 7.05. The lowest BCUT2D eigenvalue weighted by molar-refractivity contribution is -0.113. The molecule has 0 aliphatic carbocycles. The van der Waals surface area contributed by atoms with E-state index in [1.54, 1.807) is 42.7 Å². The number of carbonyl (C=O) groups excluding carboxylic acids is 2. The Kier molecular flexibility index (Phi) is 3.70. The molecular formula is C17H15N3O2. The van der Waals surface area contributed by atoms with Crippen molar-refractivity contribution in [1.82, 2.24) is 10.3 Å². The van der Waals surface area contributed by atoms with Crippen LogP contribution in [0.15, 0.2) is 54.5 Å². The summed E-state index contributed by atoms with van der Waals surface area (Å²) in [5.41, 5.74) is 2.79. The summed E-state index contributed by atoms with van der Waals surface area (Å²) in [6.07, 6.45) is 5.82. The number of aromatic nitrogens is 1. The van der Waals surface area contributed by atoms with Crippen molar-refractivity contribution in [2.75, 3.05) is 4.90 Å². The van der Waals surface area contributed by atoms with Gasteiger partial charge in [0.15, 0.2) is 0 Å². The van der Waals surface area contributed by atoms with Crippen LogP contribution in [0.2, 0.25) is 0 Å². The standard InChI is InChI=1S/C17H15N3O2/c1-2-12-3-5-14(6-4-12)20-16(21)15(19-17(20)22)11-13-7-9-18-10-8-13/h3-11H,2H2,1H3,(H,19,22)/b15-11-. The SMILES string of the molecule is CCc1ccc(N2C(=O)N/C(=C\c3ccncc3)C2=O)cc1. The van der Waals surface area contributed by atoms with Crippen LogP contribution in [0.3, 0.4) is 0 Å². The number of benzene rings is 1. The molecule has 1 aliphatic heterocycles. The van der Waals surface area contributed by atoms with Crippen LogP contribution in [0, 0.1) is 0 Å². The second kappa shape index (κ2) is 5.81. The van der Waals surface area contributed by atoms with Crippen LogP contribution in [0.5, 0.6) is 0 Å². The van der Waals surface area contributed by atoms with Crippen molar-refractivity contribution in [3.05, 3.63) is 65.6 Å². The summed E-state index contributed by atoms with van der Waals surface area (Å²) in [5.74, 6) is -0.355. The number of aryl methyl sites for hydroxylation is 1. The van der Waals surface area contributed by atoms with Gasteiger partial charge in [-0.25, -0.2) is 9.69 Å². The van der Waals surface area contributed by atoms with Gasteiger partial charge >= 0.3 is 6.03 Å². The smallest absolute Gasteiger partial charge is 0.302 e. The van der Waals surface area contributed by atoms with Crippen molar-refractivity contribution in [3.8, 4) is 0 Å². The third-order valence-corrected chi connectivity index (χ3v) is 3.50. The predicted octanol–water partition coefficient (Wildman–Crippen LogP) is 2.74. The van der Waals surface area contributed by atoms with Gasteiger partial charge in [-0.2, -0.15) is 0 Å². The molecule has 0 saturated carbocycles. The predicted molar refractivity (Wildman–Crippen MR) is 84.1 cm³/mol. The Bertz CT molecular complexity index is 736. The number of hydrogen-bond acceptors (Lipinski definition) is 3. The van der Waals surface area contributed by atoms with Crippen molar-refractivity contribution in [2.24, 2.45) is 0 Å².